The van der Waals surface area contributed by atoms with E-state index in [9.17, 15) is 31.2 Å². The van der Waals surface area contributed by atoms with E-state index in [2.05, 4.69) is 42.5 Å². The predicted molar refractivity (Wildman–Crippen MR) is 310 cm³/mol. The number of hydrogen-bond acceptors (Lipinski definition) is 10. The summed E-state index contributed by atoms with van der Waals surface area (Å²) in [5.41, 5.74) is 4.01. The van der Waals surface area contributed by atoms with Gasteiger partial charge in [-0.25, -0.2) is 31.9 Å². The summed E-state index contributed by atoms with van der Waals surface area (Å²) in [6.45, 7) is 0. The summed E-state index contributed by atoms with van der Waals surface area (Å²) in [5.74, 6) is 0.440. The molecule has 6 N–H and O–H groups in total. The van der Waals surface area contributed by atoms with Gasteiger partial charge in [-0.1, -0.05) is 135 Å². The van der Waals surface area contributed by atoms with Crippen LogP contribution in [-0.4, -0.2) is 41.7 Å². The Bertz CT molecular complexity index is 4180. The van der Waals surface area contributed by atoms with Gasteiger partial charge in [-0.3, -0.25) is 9.59 Å². The molecule has 0 unspecified atom stereocenters. The molecule has 0 aliphatic heterocycles. The molecule has 0 aliphatic carbocycles. The number of anilines is 2. The first-order chi connectivity index (χ1) is 37.4. The predicted octanol–water partition coefficient (Wildman–Crippen LogP) is 13.7. The monoisotopic (exact) mass is 1200 g/mol. The fourth-order valence-corrected chi connectivity index (χ4v) is 10.6. The first kappa shape index (κ1) is 54.3. The molecule has 0 aliphatic rings. The lowest BCUT2D eigenvalue weighted by molar-refractivity contribution is 0.0597. The third kappa shape index (κ3) is 12.8. The maximum Gasteiger partial charge on any atom is 0.341 e. The van der Waals surface area contributed by atoms with Gasteiger partial charge in [0.15, 0.2) is 11.5 Å². The molecule has 0 spiro atoms. The van der Waals surface area contributed by atoms with Gasteiger partial charge in [0.2, 0.25) is 20.0 Å². The van der Waals surface area contributed by atoms with Crippen molar-refractivity contribution >= 4 is 103 Å². The highest BCUT2D eigenvalue weighted by Gasteiger charge is 2.20. The van der Waals surface area contributed by atoms with Crippen LogP contribution >= 0.6 is 31.9 Å². The van der Waals surface area contributed by atoms with Gasteiger partial charge in [0.05, 0.1) is 28.3 Å². The normalized spacial score (nSPS) is 11.2. The summed E-state index contributed by atoms with van der Waals surface area (Å²) < 4.78 is 67.0. The zero-order chi connectivity index (χ0) is 55.1. The standard InChI is InChI=1S/C31H23BrN2O6S.C29H21BrN2O4S/c1-39-31(36)25-17-22-16-23(32)15-14-21(22)18-28(25)40-27-8-4-3-7-26(27)34-30(35)20-12-10-19(11-13-20)24-6-2-5-9-29(24)41(33,37)38;30-23-15-13-22-18-24(16-14-21(22)17-23)36-27-7-3-2-6-26(27)32-29(33)20-11-9-19(10-12-20)25-5-1-4-8-28(25)37(31,34)35/h2-18H,1H3,(H,34,35)(H2,33,37,38);1-18H,(H,32,33)(H2,31,34,35). The number of hydrogen-bond donors (Lipinski definition) is 4. The second kappa shape index (κ2) is 23.4. The average molecular weight is 1200 g/mol. The lowest BCUT2D eigenvalue weighted by atomic mass is 10.0. The van der Waals surface area contributed by atoms with Gasteiger partial charge < -0.3 is 24.8 Å². The van der Waals surface area contributed by atoms with E-state index in [1.54, 1.807) is 133 Å². The van der Waals surface area contributed by atoms with E-state index >= 15 is 0 Å². The molecule has 0 saturated carbocycles. The molecular weight excluding hydrogens is 1160 g/mol. The number of methoxy groups -OCH3 is 1. The van der Waals surface area contributed by atoms with Crippen molar-refractivity contribution in [2.24, 2.45) is 10.3 Å². The minimum atomic E-state index is -3.93. The quantitative estimate of drug-likeness (QED) is 0.0799. The molecule has 78 heavy (non-hydrogen) atoms. The van der Waals surface area contributed by atoms with Crippen LogP contribution in [0.1, 0.15) is 31.1 Å². The lowest BCUT2D eigenvalue weighted by Crippen LogP contribution is -2.14. The van der Waals surface area contributed by atoms with Crippen LogP contribution in [0.2, 0.25) is 0 Å². The van der Waals surface area contributed by atoms with E-state index in [1.165, 1.54) is 19.2 Å². The Hall–Kier alpha value is -8.49. The Morgan fingerprint density at radius 3 is 1.36 bits per heavy atom. The minimum Gasteiger partial charge on any atom is -0.465 e. The number of amides is 2. The summed E-state index contributed by atoms with van der Waals surface area (Å²) in [7, 11) is -6.52. The van der Waals surface area contributed by atoms with Crippen LogP contribution in [0.3, 0.4) is 0 Å². The summed E-state index contributed by atoms with van der Waals surface area (Å²) in [4.78, 5) is 38.8. The van der Waals surface area contributed by atoms with Crippen molar-refractivity contribution in [1.82, 2.24) is 0 Å². The van der Waals surface area contributed by atoms with E-state index in [0.29, 0.717) is 62.0 Å². The Labute approximate surface area is 466 Å². The molecule has 0 heterocycles. The van der Waals surface area contributed by atoms with Crippen LogP contribution in [0.5, 0.6) is 23.0 Å². The molecule has 14 nitrogen and oxygen atoms in total. The Balaban J connectivity index is 0.000000191. The second-order valence-electron chi connectivity index (χ2n) is 17.3. The number of nitrogens with one attached hydrogen (secondary N) is 2. The van der Waals surface area contributed by atoms with Crippen LogP contribution in [0, 0.1) is 0 Å². The van der Waals surface area contributed by atoms with Crippen molar-refractivity contribution in [2.75, 3.05) is 17.7 Å². The molecule has 0 saturated heterocycles. The molecule has 0 bridgehead atoms. The minimum absolute atomic E-state index is 0.00377. The summed E-state index contributed by atoms with van der Waals surface area (Å²) in [6.07, 6.45) is 0. The van der Waals surface area contributed by atoms with E-state index in [4.69, 9.17) is 24.5 Å². The van der Waals surface area contributed by atoms with Crippen LogP contribution in [0.15, 0.2) is 231 Å². The fraction of sp³-hybridized carbons (Fsp3) is 0.0167. The molecule has 2 amide bonds. The van der Waals surface area contributed by atoms with Gasteiger partial charge in [0, 0.05) is 31.2 Å². The van der Waals surface area contributed by atoms with Crippen molar-refractivity contribution in [3.05, 3.63) is 238 Å². The maximum atomic E-state index is 13.2. The zero-order valence-electron chi connectivity index (χ0n) is 41.0. The number of halogens is 2. The van der Waals surface area contributed by atoms with Crippen LogP contribution < -0.4 is 30.4 Å². The highest BCUT2D eigenvalue weighted by molar-refractivity contribution is 9.10. The number of benzene rings is 10. The molecule has 0 atom stereocenters. The van der Waals surface area contributed by atoms with Gasteiger partial charge in [0.1, 0.15) is 17.1 Å². The molecule has 10 aromatic carbocycles. The number of carbonyl (C=O) groups excluding carboxylic acids is 3. The Morgan fingerprint density at radius 2 is 0.859 bits per heavy atom. The van der Waals surface area contributed by atoms with Crippen molar-refractivity contribution in [1.29, 1.82) is 0 Å². The molecule has 390 valence electrons. The molecule has 0 fully saturated rings. The number of fused-ring (bicyclic) bond motifs is 2. The van der Waals surface area contributed by atoms with E-state index < -0.39 is 31.9 Å². The molecular formula is C60H44Br2N4O10S2. The van der Waals surface area contributed by atoms with Crippen molar-refractivity contribution < 1.29 is 45.4 Å². The molecule has 10 aromatic rings. The van der Waals surface area contributed by atoms with E-state index in [1.807, 2.05) is 66.7 Å². The number of sulfonamides is 2. The van der Waals surface area contributed by atoms with Gasteiger partial charge in [-0.2, -0.15) is 0 Å². The molecule has 0 aromatic heterocycles. The number of primary sulfonamides is 2. The number of carbonyl (C=O) groups is 3. The zero-order valence-corrected chi connectivity index (χ0v) is 45.8. The summed E-state index contributed by atoms with van der Waals surface area (Å²) in [5, 5.41) is 20.3. The first-order valence-corrected chi connectivity index (χ1v) is 28.2. The van der Waals surface area contributed by atoms with Gasteiger partial charge in [-0.15, -0.1) is 0 Å². The van der Waals surface area contributed by atoms with Gasteiger partial charge in [-0.05, 0) is 142 Å². The topological polar surface area (TPSA) is 223 Å². The third-order valence-electron chi connectivity index (χ3n) is 12.1. The van der Waals surface area contributed by atoms with Crippen LogP contribution in [-0.2, 0) is 24.8 Å². The largest absolute Gasteiger partial charge is 0.465 e. The van der Waals surface area contributed by atoms with Crippen LogP contribution in [0.25, 0.3) is 43.8 Å². The highest BCUT2D eigenvalue weighted by Crippen LogP contribution is 2.37. The number of esters is 1. The van der Waals surface area contributed by atoms with Crippen molar-refractivity contribution in [3.8, 4) is 45.3 Å². The smallest absolute Gasteiger partial charge is 0.341 e. The Morgan fingerprint density at radius 1 is 0.436 bits per heavy atom. The highest BCUT2D eigenvalue weighted by atomic mass is 79.9. The SMILES string of the molecule is COC(=O)c1cc2cc(Br)ccc2cc1Oc1ccccc1NC(=O)c1ccc(-c2ccccc2S(N)(=O)=O)cc1.NS(=O)(=O)c1ccccc1-c1ccc(C(=O)Nc2ccccc2Oc2ccc3cc(Br)ccc3c2)cc1. The second-order valence-corrected chi connectivity index (χ2v) is 22.2. The van der Waals surface area contributed by atoms with Crippen molar-refractivity contribution in [3.63, 3.8) is 0 Å². The molecule has 18 heteroatoms. The fourth-order valence-electron chi connectivity index (χ4n) is 8.32. The van der Waals surface area contributed by atoms with Crippen molar-refractivity contribution in [2.45, 2.75) is 9.79 Å². The number of nitrogens with two attached hydrogens (primary N) is 2. The third-order valence-corrected chi connectivity index (χ3v) is 15.0. The lowest BCUT2D eigenvalue weighted by Gasteiger charge is -2.15. The summed E-state index contributed by atoms with van der Waals surface area (Å²) in [6, 6.07) is 60.9. The van der Waals surface area contributed by atoms with E-state index in [-0.39, 0.29) is 27.0 Å². The molecule has 0 radical (unpaired) electrons. The first-order valence-electron chi connectivity index (χ1n) is 23.5. The van der Waals surface area contributed by atoms with Gasteiger partial charge in [0.25, 0.3) is 11.8 Å². The maximum absolute atomic E-state index is 13.2. The molecule has 10 rings (SSSR count). The summed E-state index contributed by atoms with van der Waals surface area (Å²) >= 11 is 6.93. The average Bonchev–Trinajstić information content (AvgIpc) is 3.50. The number of rotatable bonds is 13. The van der Waals surface area contributed by atoms with Crippen LogP contribution in [0.4, 0.5) is 11.4 Å². The Kier molecular flexibility index (Phi) is 16.3. The number of para-hydroxylation sites is 4. The van der Waals surface area contributed by atoms with E-state index in [0.717, 1.165) is 30.5 Å². The number of ether oxygens (including phenoxy) is 3. The van der Waals surface area contributed by atoms with Gasteiger partial charge >= 0.3 is 5.97 Å².